The number of allylic oxidation sites excluding steroid dienone is 3. The zero-order valence-corrected chi connectivity index (χ0v) is 17.9. The van der Waals surface area contributed by atoms with Crippen LogP contribution in [0.3, 0.4) is 0 Å². The van der Waals surface area contributed by atoms with Gasteiger partial charge >= 0.3 is 0 Å². The van der Waals surface area contributed by atoms with Gasteiger partial charge in [0.1, 0.15) is 24.1 Å². The highest BCUT2D eigenvalue weighted by Gasteiger charge is 2.31. The molecule has 0 aliphatic carbocycles. The Hall–Kier alpha value is -1.11. The highest BCUT2D eigenvalue weighted by atomic mass is 127. The first-order valence-electron chi connectivity index (χ1n) is 7.89. The van der Waals surface area contributed by atoms with Crippen molar-refractivity contribution in [1.82, 2.24) is 10.1 Å². The van der Waals surface area contributed by atoms with Gasteiger partial charge in [-0.25, -0.2) is 0 Å². The number of hydrogen-bond donors (Lipinski definition) is 1. The van der Waals surface area contributed by atoms with Crippen LogP contribution in [0.4, 0.5) is 0 Å². The summed E-state index contributed by atoms with van der Waals surface area (Å²) in [6.07, 6.45) is 2.39. The highest BCUT2D eigenvalue weighted by Crippen LogP contribution is 2.31. The van der Waals surface area contributed by atoms with Crippen molar-refractivity contribution in [1.29, 1.82) is 5.26 Å². The Kier molecular flexibility index (Phi) is 7.52. The van der Waals surface area contributed by atoms with Crippen molar-refractivity contribution in [3.63, 3.8) is 0 Å². The number of nitrogens with one attached hydrogen (secondary N) is 1. The van der Waals surface area contributed by atoms with E-state index in [2.05, 4.69) is 52.6 Å². The van der Waals surface area contributed by atoms with Crippen molar-refractivity contribution < 1.29 is 9.15 Å². The van der Waals surface area contributed by atoms with E-state index in [1.165, 1.54) is 0 Å². The summed E-state index contributed by atoms with van der Waals surface area (Å²) in [5, 5.41) is 9.50. The lowest BCUT2D eigenvalue weighted by molar-refractivity contribution is 0.105. The first-order valence-corrected chi connectivity index (χ1v) is 12.1. The number of alkyl halides is 2. The summed E-state index contributed by atoms with van der Waals surface area (Å²) >= 11 is 8.53. The lowest BCUT2D eigenvalue weighted by Crippen LogP contribution is -2.51. The monoisotopic (exact) mass is 477 g/mol. The Morgan fingerprint density at radius 3 is 2.75 bits per heavy atom. The van der Waals surface area contributed by atoms with Gasteiger partial charge in [-0.1, -0.05) is 36.4 Å². The summed E-state index contributed by atoms with van der Waals surface area (Å²) in [4.78, 5) is 0. The number of hydrogen-bond acceptors (Lipinski definition) is 5. The van der Waals surface area contributed by atoms with Gasteiger partial charge in [0.15, 0.2) is 8.96 Å². The second kappa shape index (κ2) is 9.39. The van der Waals surface area contributed by atoms with Gasteiger partial charge in [-0.15, -0.1) is 11.6 Å². The fourth-order valence-corrected chi connectivity index (χ4v) is 7.52. The third-order valence-electron chi connectivity index (χ3n) is 3.92. The minimum Gasteiger partial charge on any atom is -0.470 e. The molecule has 1 aromatic heterocycles. The molecule has 1 atom stereocenters. The molecule has 0 radical (unpaired) electrons. The largest absolute Gasteiger partial charge is 0.470 e. The Labute approximate surface area is 163 Å². The van der Waals surface area contributed by atoms with Crippen molar-refractivity contribution >= 4 is 43.2 Å². The number of ether oxygens (including phenoxy) is 1. The van der Waals surface area contributed by atoms with Gasteiger partial charge in [0.2, 0.25) is 5.88 Å². The molecular formula is C16H21ClIN3O2Si. The van der Waals surface area contributed by atoms with E-state index in [9.17, 15) is 5.26 Å². The summed E-state index contributed by atoms with van der Waals surface area (Å²) < 4.78 is 14.6. The van der Waals surface area contributed by atoms with Crippen LogP contribution in [0.15, 0.2) is 45.5 Å². The van der Waals surface area contributed by atoms with Crippen molar-refractivity contribution in [2.75, 3.05) is 9.93 Å². The van der Waals surface area contributed by atoms with E-state index >= 15 is 0 Å². The number of hydrazine groups is 1. The molecule has 1 unspecified atom stereocenters. The molecule has 0 saturated carbocycles. The van der Waals surface area contributed by atoms with Crippen molar-refractivity contribution in [3.8, 4) is 6.07 Å². The molecule has 1 aromatic rings. The fourth-order valence-electron chi connectivity index (χ4n) is 2.58. The van der Waals surface area contributed by atoms with Gasteiger partial charge in [-0.2, -0.15) is 5.26 Å². The molecule has 0 aromatic carbocycles. The zero-order chi connectivity index (χ0) is 17.5. The zero-order valence-electron chi connectivity index (χ0n) is 13.8. The maximum Gasteiger partial charge on any atom is 0.203 e. The van der Waals surface area contributed by atoms with Crippen LogP contribution in [0, 0.1) is 11.3 Å². The number of halogens is 2. The average molecular weight is 478 g/mol. The maximum absolute atomic E-state index is 9.50. The molecule has 8 heteroatoms. The lowest BCUT2D eigenvalue weighted by Gasteiger charge is -2.38. The first-order chi connectivity index (χ1) is 11.7. The van der Waals surface area contributed by atoms with Gasteiger partial charge in [0, 0.05) is 15.2 Å². The van der Waals surface area contributed by atoms with Crippen LogP contribution in [0.1, 0.15) is 26.0 Å². The van der Waals surface area contributed by atoms with Gasteiger partial charge < -0.3 is 9.15 Å². The molecule has 24 heavy (non-hydrogen) atoms. The number of nitriles is 1. The molecular weight excluding hydrogens is 457 g/mol. The van der Waals surface area contributed by atoms with Gasteiger partial charge in [-0.05, 0) is 24.6 Å². The Morgan fingerprint density at radius 2 is 2.25 bits per heavy atom. The molecule has 0 amide bonds. The van der Waals surface area contributed by atoms with Crippen molar-refractivity contribution in [2.45, 2.75) is 32.9 Å². The molecule has 2 rings (SSSR count). The van der Waals surface area contributed by atoms with Gasteiger partial charge in [0.05, 0.1) is 12.1 Å². The third kappa shape index (κ3) is 4.10. The van der Waals surface area contributed by atoms with Crippen LogP contribution in [0.2, 0.25) is 6.04 Å². The molecule has 1 N–H and O–H groups in total. The molecule has 5 nitrogen and oxygen atoms in total. The Bertz CT molecular complexity index is 651. The average Bonchev–Trinajstić information content (AvgIpc) is 3.13. The molecule has 0 spiro atoms. The SMILES string of the molecule is CCC1=C(OCc2ccco2)N([SiH](CC)CI)NC(C#N)=C1CCl. The van der Waals surface area contributed by atoms with Crippen LogP contribution in [0.5, 0.6) is 0 Å². The summed E-state index contributed by atoms with van der Waals surface area (Å²) in [6.45, 7) is 4.59. The Balaban J connectivity index is 2.41. The molecule has 0 saturated heterocycles. The number of furan rings is 1. The summed E-state index contributed by atoms with van der Waals surface area (Å²) in [7, 11) is -1.32. The van der Waals surface area contributed by atoms with E-state index in [1.807, 2.05) is 12.1 Å². The second-order valence-electron chi connectivity index (χ2n) is 5.30. The predicted octanol–water partition coefficient (Wildman–Crippen LogP) is 3.97. The van der Waals surface area contributed by atoms with Crippen LogP contribution in [0.25, 0.3) is 0 Å². The third-order valence-corrected chi connectivity index (χ3v) is 9.63. The summed E-state index contributed by atoms with van der Waals surface area (Å²) in [6, 6.07) is 7.04. The molecule has 0 bridgehead atoms. The molecule has 1 aliphatic heterocycles. The predicted molar refractivity (Wildman–Crippen MR) is 106 cm³/mol. The van der Waals surface area contributed by atoms with Crippen LogP contribution in [-0.2, 0) is 11.3 Å². The molecule has 130 valence electrons. The van der Waals surface area contributed by atoms with Gasteiger partial charge in [-0.3, -0.25) is 10.1 Å². The topological polar surface area (TPSA) is 61.4 Å². The van der Waals surface area contributed by atoms with E-state index in [4.69, 9.17) is 20.8 Å². The Morgan fingerprint density at radius 1 is 1.46 bits per heavy atom. The first kappa shape index (κ1) is 19.2. The molecule has 2 heterocycles. The van der Waals surface area contributed by atoms with E-state index < -0.39 is 8.96 Å². The fraction of sp³-hybridized carbons (Fsp3) is 0.438. The van der Waals surface area contributed by atoms with E-state index in [1.54, 1.807) is 6.26 Å². The second-order valence-corrected chi connectivity index (χ2v) is 11.2. The van der Waals surface area contributed by atoms with E-state index in [-0.39, 0.29) is 5.88 Å². The van der Waals surface area contributed by atoms with Crippen molar-refractivity contribution in [2.24, 2.45) is 0 Å². The van der Waals surface area contributed by atoms with Gasteiger partial charge in [0.25, 0.3) is 0 Å². The van der Waals surface area contributed by atoms with Crippen molar-refractivity contribution in [3.05, 3.63) is 46.9 Å². The molecule has 0 fully saturated rings. The summed E-state index contributed by atoms with van der Waals surface area (Å²) in [5.74, 6) is 1.84. The standard InChI is InChI=1S/C16H21ClIN3O2Si/c1-3-13-14(8-17)15(9-19)20-21(24(4-2)11-18)16(13)23-10-12-6-5-7-22-12/h5-7,20,24H,3-4,8,10-11H2,1-2H3. The van der Waals surface area contributed by atoms with E-state index in [0.717, 1.165) is 39.3 Å². The highest BCUT2D eigenvalue weighted by molar-refractivity contribution is 14.1. The smallest absolute Gasteiger partial charge is 0.203 e. The minimum absolute atomic E-state index is 0.281. The number of rotatable bonds is 8. The molecule has 1 aliphatic rings. The lowest BCUT2D eigenvalue weighted by atomic mass is 10.0. The van der Waals surface area contributed by atoms with Crippen LogP contribution in [-0.4, -0.2) is 23.6 Å². The normalized spacial score (nSPS) is 16.0. The minimum atomic E-state index is -1.32. The number of nitrogens with zero attached hydrogens (tertiary/aromatic N) is 2. The van der Waals surface area contributed by atoms with Crippen LogP contribution >= 0.6 is 34.2 Å². The maximum atomic E-state index is 9.50. The summed E-state index contributed by atoms with van der Waals surface area (Å²) in [5.41, 5.74) is 5.62. The van der Waals surface area contributed by atoms with Crippen LogP contribution < -0.4 is 5.43 Å². The van der Waals surface area contributed by atoms with E-state index in [0.29, 0.717) is 12.3 Å². The quantitative estimate of drug-likeness (QED) is 0.349.